The highest BCUT2D eigenvalue weighted by Gasteiger charge is 2.56. The number of rotatable bonds is 11. The number of likely N-dealkylation sites (tertiary alicyclic amines) is 1. The van der Waals surface area contributed by atoms with Crippen LogP contribution in [0.3, 0.4) is 0 Å². The van der Waals surface area contributed by atoms with E-state index in [-0.39, 0.29) is 44.5 Å². The third-order valence-corrected chi connectivity index (χ3v) is 8.00. The van der Waals surface area contributed by atoms with E-state index in [0.29, 0.717) is 21.8 Å². The Balaban J connectivity index is 1.66. The van der Waals surface area contributed by atoms with E-state index in [2.05, 4.69) is 20.7 Å². The Bertz CT molecular complexity index is 1520. The van der Waals surface area contributed by atoms with Crippen LogP contribution in [0.4, 0.5) is 22.4 Å². The number of hydrazone groups is 1. The number of aromatic nitrogens is 1. The lowest BCUT2D eigenvalue weighted by molar-refractivity contribution is -0.164. The van der Waals surface area contributed by atoms with E-state index in [1.165, 1.54) is 37.1 Å². The fourth-order valence-corrected chi connectivity index (χ4v) is 5.68. The van der Waals surface area contributed by atoms with E-state index in [1.54, 1.807) is 18.2 Å². The maximum Gasteiger partial charge on any atom is 0.408 e. The molecule has 2 atom stereocenters. The van der Waals surface area contributed by atoms with Crippen LogP contribution in [0.1, 0.15) is 43.5 Å². The minimum atomic E-state index is -4.73. The van der Waals surface area contributed by atoms with Crippen molar-refractivity contribution >= 4 is 29.5 Å². The molecule has 248 valence electrons. The number of nitrogens with zero attached hydrogens (tertiary/aromatic N) is 4. The van der Waals surface area contributed by atoms with Crippen LogP contribution in [-0.2, 0) is 33.8 Å². The Hall–Kier alpha value is -4.60. The Morgan fingerprint density at radius 2 is 1.87 bits per heavy atom. The number of hydrogen-bond donors (Lipinski definition) is 4. The summed E-state index contributed by atoms with van der Waals surface area (Å²) in [6, 6.07) is 7.28. The number of carboxylic acid groups (broad SMARTS) is 1. The highest BCUT2D eigenvalue weighted by atomic mass is 19.4. The largest absolute Gasteiger partial charge is 0.465 e. The number of hydrogen-bond acceptors (Lipinski definition) is 7. The Morgan fingerprint density at radius 3 is 2.50 bits per heavy atom. The number of aryl methyl sites for hydroxylation is 1. The van der Waals surface area contributed by atoms with E-state index in [0.717, 1.165) is 6.07 Å². The lowest BCUT2D eigenvalue weighted by Gasteiger charge is -2.41. The topological polar surface area (TPSA) is 165 Å². The van der Waals surface area contributed by atoms with Crippen molar-refractivity contribution in [3.8, 4) is 0 Å². The third-order valence-electron chi connectivity index (χ3n) is 8.00. The molecule has 0 saturated carbocycles. The number of piperidine rings is 1. The molecule has 1 aromatic heterocycles. The molecule has 1 aromatic carbocycles. The monoisotopic (exact) mass is 650 g/mol. The van der Waals surface area contributed by atoms with Gasteiger partial charge in [-0.25, -0.2) is 14.2 Å². The van der Waals surface area contributed by atoms with Gasteiger partial charge in [0, 0.05) is 37.8 Å². The van der Waals surface area contributed by atoms with Crippen LogP contribution >= 0.6 is 0 Å². The highest BCUT2D eigenvalue weighted by molar-refractivity contribution is 6.14. The van der Waals surface area contributed by atoms with E-state index >= 15 is 0 Å². The first kappa shape index (κ1) is 34.3. The van der Waals surface area contributed by atoms with Gasteiger partial charge in [0.15, 0.2) is 0 Å². The molecule has 2 aromatic rings. The minimum absolute atomic E-state index is 0.00897. The van der Waals surface area contributed by atoms with Gasteiger partial charge in [-0.2, -0.15) is 18.3 Å². The Labute approximate surface area is 261 Å². The summed E-state index contributed by atoms with van der Waals surface area (Å²) >= 11 is 0. The lowest BCUT2D eigenvalue weighted by Crippen LogP contribution is -2.62. The van der Waals surface area contributed by atoms with Gasteiger partial charge in [-0.05, 0) is 62.1 Å². The van der Waals surface area contributed by atoms with Crippen LogP contribution in [0, 0.1) is 11.2 Å². The number of carbonyl (C=O) groups is 4. The number of aliphatic hydroxyl groups excluding tert-OH is 1. The molecule has 1 unspecified atom stereocenters. The first-order chi connectivity index (χ1) is 21.5. The minimum Gasteiger partial charge on any atom is -0.465 e. The summed E-state index contributed by atoms with van der Waals surface area (Å²) in [5.74, 6) is -3.08. The predicted molar refractivity (Wildman–Crippen MR) is 155 cm³/mol. The molecule has 0 spiro atoms. The van der Waals surface area contributed by atoms with Gasteiger partial charge in [-0.15, -0.1) is 0 Å². The SMILES string of the molecule is CC(C)(NC(=O)O)C(=O)NC(CCc1cc(F)ccc1CO)C(=O)N1CCC2=NN(CC(F)(F)F)C(=O)[C@]2(Cc2ccccn2)C1. The predicted octanol–water partition coefficient (Wildman–Crippen LogP) is 2.40. The van der Waals surface area contributed by atoms with Gasteiger partial charge < -0.3 is 25.7 Å². The number of carbonyl (C=O) groups excluding carboxylic acids is 3. The number of amides is 4. The standard InChI is InChI=1S/C30H34F4N6O6/c1-28(2,37-27(45)46)25(43)36-22(9-7-18-13-20(31)8-6-19(18)15-41)24(42)39-12-10-23-29(16-39,14-21-5-3-4-11-35-21)26(44)40(38-23)17-30(32,33)34/h3-6,8,11,13,22,37,41H,7,9-10,12,14-17H2,1-2H3,(H,36,43)(H,45,46)/t22?,29-/m1/s1. The van der Waals surface area contributed by atoms with Crippen molar-refractivity contribution in [2.45, 2.75) is 63.9 Å². The molecule has 0 aliphatic carbocycles. The van der Waals surface area contributed by atoms with Crippen molar-refractivity contribution in [3.63, 3.8) is 0 Å². The molecule has 12 nitrogen and oxygen atoms in total. The number of benzene rings is 1. The molecule has 4 N–H and O–H groups in total. The first-order valence-corrected chi connectivity index (χ1v) is 14.4. The van der Waals surface area contributed by atoms with Gasteiger partial charge in [0.2, 0.25) is 11.8 Å². The van der Waals surface area contributed by atoms with E-state index in [9.17, 15) is 47.0 Å². The summed E-state index contributed by atoms with van der Waals surface area (Å²) in [5, 5.41) is 27.9. The Morgan fingerprint density at radius 1 is 1.13 bits per heavy atom. The lowest BCUT2D eigenvalue weighted by atomic mass is 9.74. The average Bonchev–Trinajstić information content (AvgIpc) is 3.23. The number of fused-ring (bicyclic) bond motifs is 1. The van der Waals surface area contributed by atoms with Gasteiger partial charge in [0.1, 0.15) is 29.4 Å². The molecule has 0 radical (unpaired) electrons. The maximum atomic E-state index is 14.1. The molecule has 2 aliphatic rings. The molecule has 0 bridgehead atoms. The summed E-state index contributed by atoms with van der Waals surface area (Å²) in [6.07, 6.45) is -5.04. The maximum absolute atomic E-state index is 14.1. The normalized spacial score (nSPS) is 18.9. The quantitative estimate of drug-likeness (QED) is 0.271. The molecule has 3 heterocycles. The summed E-state index contributed by atoms with van der Waals surface area (Å²) in [7, 11) is 0. The molecule has 4 rings (SSSR count). The van der Waals surface area contributed by atoms with Crippen molar-refractivity contribution in [3.05, 3.63) is 65.2 Å². The van der Waals surface area contributed by atoms with Crippen molar-refractivity contribution in [2.75, 3.05) is 19.6 Å². The molecule has 1 fully saturated rings. The van der Waals surface area contributed by atoms with E-state index < -0.39 is 66.0 Å². The zero-order valence-electron chi connectivity index (χ0n) is 25.1. The van der Waals surface area contributed by atoms with Crippen molar-refractivity contribution in [2.24, 2.45) is 10.5 Å². The average molecular weight is 651 g/mol. The molecule has 4 amide bonds. The summed E-state index contributed by atoms with van der Waals surface area (Å²) < 4.78 is 54.1. The van der Waals surface area contributed by atoms with Crippen LogP contribution < -0.4 is 10.6 Å². The van der Waals surface area contributed by atoms with Gasteiger partial charge in [-0.3, -0.25) is 19.4 Å². The number of nitrogens with one attached hydrogen (secondary N) is 2. The summed E-state index contributed by atoms with van der Waals surface area (Å²) in [4.78, 5) is 57.8. The van der Waals surface area contributed by atoms with Crippen LogP contribution in [0.25, 0.3) is 0 Å². The van der Waals surface area contributed by atoms with Crippen LogP contribution in [-0.4, -0.2) is 92.0 Å². The molecule has 2 aliphatic heterocycles. The van der Waals surface area contributed by atoms with Gasteiger partial charge in [-0.1, -0.05) is 12.1 Å². The second-order valence-electron chi connectivity index (χ2n) is 11.8. The van der Waals surface area contributed by atoms with Gasteiger partial charge in [0.05, 0.1) is 12.3 Å². The van der Waals surface area contributed by atoms with E-state index in [1.807, 2.05) is 0 Å². The van der Waals surface area contributed by atoms with Crippen molar-refractivity contribution < 1.29 is 47.0 Å². The smallest absolute Gasteiger partial charge is 0.408 e. The third kappa shape index (κ3) is 7.78. The van der Waals surface area contributed by atoms with Crippen molar-refractivity contribution in [1.82, 2.24) is 25.5 Å². The fraction of sp³-hybridized carbons (Fsp3) is 0.467. The van der Waals surface area contributed by atoms with Gasteiger partial charge >= 0.3 is 12.3 Å². The molecular formula is C30H34F4N6O6. The van der Waals surface area contributed by atoms with Gasteiger partial charge in [0.25, 0.3) is 5.91 Å². The first-order valence-electron chi connectivity index (χ1n) is 14.4. The number of alkyl halides is 3. The molecule has 46 heavy (non-hydrogen) atoms. The van der Waals surface area contributed by atoms with Crippen molar-refractivity contribution in [1.29, 1.82) is 0 Å². The number of pyridine rings is 1. The Kier molecular flexibility index (Phi) is 9.99. The number of aliphatic hydroxyl groups is 1. The van der Waals surface area contributed by atoms with E-state index in [4.69, 9.17) is 0 Å². The zero-order chi connectivity index (χ0) is 33.9. The van der Waals surface area contributed by atoms with Crippen LogP contribution in [0.15, 0.2) is 47.7 Å². The molecular weight excluding hydrogens is 616 g/mol. The second-order valence-corrected chi connectivity index (χ2v) is 11.8. The summed E-state index contributed by atoms with van der Waals surface area (Å²) in [5.41, 5.74) is -2.01. The second kappa shape index (κ2) is 13.4. The highest BCUT2D eigenvalue weighted by Crippen LogP contribution is 2.39. The molecule has 16 heteroatoms. The summed E-state index contributed by atoms with van der Waals surface area (Å²) in [6.45, 7) is 0.132. The van der Waals surface area contributed by atoms with Crippen LogP contribution in [0.5, 0.6) is 0 Å². The zero-order valence-corrected chi connectivity index (χ0v) is 25.1. The number of halogens is 4. The van der Waals surface area contributed by atoms with Crippen LogP contribution in [0.2, 0.25) is 0 Å². The molecule has 1 saturated heterocycles. The fourth-order valence-electron chi connectivity index (χ4n) is 5.68.